The molecule has 3 aromatic heterocycles. The van der Waals surface area contributed by atoms with Gasteiger partial charge in [-0.05, 0) is 44.4 Å². The third-order valence-electron chi connectivity index (χ3n) is 4.88. The van der Waals surface area contributed by atoms with E-state index in [2.05, 4.69) is 23.7 Å². The number of aromatic amines is 1. The van der Waals surface area contributed by atoms with Gasteiger partial charge in [0.2, 0.25) is 0 Å². The van der Waals surface area contributed by atoms with Crippen LogP contribution in [-0.4, -0.2) is 28.0 Å². The normalized spacial score (nSPS) is 20.5. The molecule has 1 aliphatic rings. The van der Waals surface area contributed by atoms with E-state index in [1.165, 1.54) is 24.2 Å². The van der Waals surface area contributed by atoms with Crippen molar-refractivity contribution in [1.29, 1.82) is 0 Å². The van der Waals surface area contributed by atoms with Gasteiger partial charge in [0.15, 0.2) is 0 Å². The summed E-state index contributed by atoms with van der Waals surface area (Å²) in [5.74, 6) is 2.16. The molecule has 24 heavy (non-hydrogen) atoms. The summed E-state index contributed by atoms with van der Waals surface area (Å²) in [4.78, 5) is 23.6. The molecule has 0 saturated carbocycles. The van der Waals surface area contributed by atoms with Crippen molar-refractivity contribution in [3.8, 4) is 11.3 Å². The summed E-state index contributed by atoms with van der Waals surface area (Å²) in [6.45, 7) is 6.54. The molecule has 1 fully saturated rings. The zero-order valence-corrected chi connectivity index (χ0v) is 14.7. The molecule has 4 rings (SSSR count). The van der Waals surface area contributed by atoms with Crippen molar-refractivity contribution in [1.82, 2.24) is 14.9 Å². The maximum atomic E-state index is 12.7. The molecule has 0 radical (unpaired) electrons. The van der Waals surface area contributed by atoms with Gasteiger partial charge in [-0.15, -0.1) is 11.3 Å². The van der Waals surface area contributed by atoms with Crippen LogP contribution in [0.4, 0.5) is 0 Å². The minimum absolute atomic E-state index is 0.0837. The predicted octanol–water partition coefficient (Wildman–Crippen LogP) is 4.04. The number of likely N-dealkylation sites (tertiary alicyclic amines) is 1. The number of thiophene rings is 1. The largest absolute Gasteiger partial charge is 0.464 e. The molecule has 126 valence electrons. The highest BCUT2D eigenvalue weighted by molar-refractivity contribution is 7.17. The molecule has 6 heteroatoms. The van der Waals surface area contributed by atoms with E-state index in [0.29, 0.717) is 17.1 Å². The Labute approximate surface area is 144 Å². The van der Waals surface area contributed by atoms with E-state index in [9.17, 15) is 4.79 Å². The Morgan fingerprint density at radius 1 is 1.50 bits per heavy atom. The first-order valence-electron chi connectivity index (χ1n) is 8.43. The lowest BCUT2D eigenvalue weighted by atomic mass is 9.99. The first-order chi connectivity index (χ1) is 11.6. The van der Waals surface area contributed by atoms with Gasteiger partial charge < -0.3 is 9.40 Å². The number of hydrogen-bond acceptors (Lipinski definition) is 5. The van der Waals surface area contributed by atoms with E-state index in [4.69, 9.17) is 9.40 Å². The quantitative estimate of drug-likeness (QED) is 0.780. The summed E-state index contributed by atoms with van der Waals surface area (Å²) in [6.07, 6.45) is 4.11. The Morgan fingerprint density at radius 2 is 2.38 bits per heavy atom. The highest BCUT2D eigenvalue weighted by Gasteiger charge is 2.24. The second-order valence-corrected chi connectivity index (χ2v) is 7.53. The highest BCUT2D eigenvalue weighted by atomic mass is 32.1. The number of nitrogens with zero attached hydrogens (tertiary/aromatic N) is 2. The number of H-pyrrole nitrogens is 1. The number of piperidine rings is 1. The van der Waals surface area contributed by atoms with Gasteiger partial charge in [0, 0.05) is 17.5 Å². The van der Waals surface area contributed by atoms with Crippen LogP contribution in [-0.2, 0) is 0 Å². The molecule has 1 aliphatic heterocycles. The van der Waals surface area contributed by atoms with Crippen LogP contribution in [0.2, 0.25) is 0 Å². The smallest absolute Gasteiger partial charge is 0.260 e. The summed E-state index contributed by atoms with van der Waals surface area (Å²) < 4.78 is 5.44. The molecule has 3 aromatic rings. The van der Waals surface area contributed by atoms with Gasteiger partial charge in [-0.1, -0.05) is 6.92 Å². The van der Waals surface area contributed by atoms with Crippen LogP contribution in [0.15, 0.2) is 33.0 Å². The lowest BCUT2D eigenvalue weighted by Crippen LogP contribution is -2.37. The van der Waals surface area contributed by atoms with Crippen molar-refractivity contribution in [2.75, 3.05) is 13.1 Å². The maximum Gasteiger partial charge on any atom is 0.260 e. The van der Waals surface area contributed by atoms with Gasteiger partial charge in [0.1, 0.15) is 16.4 Å². The van der Waals surface area contributed by atoms with Crippen molar-refractivity contribution < 1.29 is 4.42 Å². The van der Waals surface area contributed by atoms with Gasteiger partial charge in [0.25, 0.3) is 5.56 Å². The molecule has 1 N–H and O–H groups in total. The molecule has 5 nitrogen and oxygen atoms in total. The van der Waals surface area contributed by atoms with Crippen molar-refractivity contribution >= 4 is 21.6 Å². The molecule has 2 atom stereocenters. The fourth-order valence-electron chi connectivity index (χ4n) is 3.53. The summed E-state index contributed by atoms with van der Waals surface area (Å²) in [5, 5.41) is 2.57. The topological polar surface area (TPSA) is 62.1 Å². The molecular weight excluding hydrogens is 322 g/mol. The molecular formula is C18H21N3O2S. The molecule has 0 spiro atoms. The Hall–Kier alpha value is -1.92. The maximum absolute atomic E-state index is 12.7. The van der Waals surface area contributed by atoms with Crippen LogP contribution in [0.5, 0.6) is 0 Å². The number of nitrogens with one attached hydrogen (secondary N) is 1. The summed E-state index contributed by atoms with van der Waals surface area (Å²) in [7, 11) is 0. The second-order valence-electron chi connectivity index (χ2n) is 6.68. The van der Waals surface area contributed by atoms with Crippen LogP contribution >= 0.6 is 11.3 Å². The number of fused-ring (bicyclic) bond motifs is 1. The van der Waals surface area contributed by atoms with E-state index >= 15 is 0 Å². The molecule has 4 heterocycles. The summed E-state index contributed by atoms with van der Waals surface area (Å²) >= 11 is 1.50. The van der Waals surface area contributed by atoms with Crippen LogP contribution in [0, 0.1) is 5.92 Å². The van der Waals surface area contributed by atoms with Crippen molar-refractivity contribution in [3.05, 3.63) is 40.0 Å². The lowest BCUT2D eigenvalue weighted by Gasteiger charge is -2.34. The Morgan fingerprint density at radius 3 is 3.12 bits per heavy atom. The van der Waals surface area contributed by atoms with Gasteiger partial charge in [-0.25, -0.2) is 4.98 Å². The molecule has 0 bridgehead atoms. The van der Waals surface area contributed by atoms with Gasteiger partial charge in [-0.3, -0.25) is 9.69 Å². The van der Waals surface area contributed by atoms with Crippen LogP contribution in [0.1, 0.15) is 38.6 Å². The average Bonchev–Trinajstić information content (AvgIpc) is 3.23. The monoisotopic (exact) mass is 343 g/mol. The van der Waals surface area contributed by atoms with E-state index in [1.807, 2.05) is 17.5 Å². The van der Waals surface area contributed by atoms with E-state index in [0.717, 1.165) is 29.3 Å². The zero-order valence-electron chi connectivity index (χ0n) is 13.9. The Balaban J connectivity index is 1.72. The molecule has 1 saturated heterocycles. The number of hydrogen-bond donors (Lipinski definition) is 1. The first kappa shape index (κ1) is 15.6. The van der Waals surface area contributed by atoms with E-state index < -0.39 is 0 Å². The second kappa shape index (κ2) is 6.18. The molecule has 0 unspecified atom stereocenters. The van der Waals surface area contributed by atoms with Gasteiger partial charge in [0.05, 0.1) is 17.7 Å². The molecule has 0 aromatic carbocycles. The zero-order chi connectivity index (χ0) is 16.7. The third kappa shape index (κ3) is 2.70. The highest BCUT2D eigenvalue weighted by Crippen LogP contribution is 2.32. The summed E-state index contributed by atoms with van der Waals surface area (Å²) in [5.41, 5.74) is 0.735. The minimum atomic E-state index is -0.0837. The molecule has 0 aliphatic carbocycles. The van der Waals surface area contributed by atoms with Crippen LogP contribution < -0.4 is 5.56 Å². The fourth-order valence-corrected chi connectivity index (χ4v) is 4.46. The van der Waals surface area contributed by atoms with Gasteiger partial charge >= 0.3 is 0 Å². The SMILES string of the molecule is C[C@H]1CCCN([C@H](C)c2nc3scc(-c4ccco4)c3c(=O)[nH]2)C1. The van der Waals surface area contributed by atoms with E-state index in [-0.39, 0.29) is 11.6 Å². The van der Waals surface area contributed by atoms with Crippen LogP contribution in [0.3, 0.4) is 0 Å². The van der Waals surface area contributed by atoms with Gasteiger partial charge in [-0.2, -0.15) is 0 Å². The molecule has 0 amide bonds. The fraction of sp³-hybridized carbons (Fsp3) is 0.444. The van der Waals surface area contributed by atoms with E-state index in [1.54, 1.807) is 6.26 Å². The van der Waals surface area contributed by atoms with Crippen molar-refractivity contribution in [3.63, 3.8) is 0 Å². The summed E-state index contributed by atoms with van der Waals surface area (Å²) in [6, 6.07) is 3.82. The number of furan rings is 1. The Kier molecular flexibility index (Phi) is 4.02. The lowest BCUT2D eigenvalue weighted by molar-refractivity contribution is 0.134. The first-order valence-corrected chi connectivity index (χ1v) is 9.31. The predicted molar refractivity (Wildman–Crippen MR) is 96.3 cm³/mol. The Bertz CT molecular complexity index is 897. The number of rotatable bonds is 3. The average molecular weight is 343 g/mol. The number of aromatic nitrogens is 2. The van der Waals surface area contributed by atoms with Crippen molar-refractivity contribution in [2.24, 2.45) is 5.92 Å². The third-order valence-corrected chi connectivity index (χ3v) is 5.75. The standard InChI is InChI=1S/C18H21N3O2S/c1-11-5-3-7-21(9-11)12(2)16-19-17(22)15-13(10-24-18(15)20-16)14-6-4-8-23-14/h4,6,8,10-12H,3,5,7,9H2,1-2H3,(H,19,20,22)/t11-,12+/m0/s1. The van der Waals surface area contributed by atoms with Crippen LogP contribution in [0.25, 0.3) is 21.5 Å². The minimum Gasteiger partial charge on any atom is -0.464 e. The van der Waals surface area contributed by atoms with Crippen molar-refractivity contribution in [2.45, 2.75) is 32.7 Å².